The molecule has 0 radical (unpaired) electrons. The van der Waals surface area contributed by atoms with Crippen LogP contribution in [0.1, 0.15) is 30.9 Å². The van der Waals surface area contributed by atoms with E-state index in [-0.39, 0.29) is 11.4 Å². The van der Waals surface area contributed by atoms with E-state index < -0.39 is 0 Å². The van der Waals surface area contributed by atoms with Crippen molar-refractivity contribution in [2.45, 2.75) is 25.2 Å². The van der Waals surface area contributed by atoms with E-state index in [4.69, 9.17) is 4.52 Å². The number of rotatable bonds is 6. The Morgan fingerprint density at radius 2 is 2.11 bits per heavy atom. The molecule has 1 saturated heterocycles. The van der Waals surface area contributed by atoms with E-state index in [1.807, 2.05) is 0 Å². The fraction of sp³-hybridized carbons (Fsp3) is 0.450. The summed E-state index contributed by atoms with van der Waals surface area (Å²) in [4.78, 5) is 14.0. The molecule has 148 valence electrons. The molecule has 1 N–H and O–H groups in total. The topological polar surface area (TPSA) is 76.2 Å². The highest BCUT2D eigenvalue weighted by Gasteiger charge is 2.24. The lowest BCUT2D eigenvalue weighted by Gasteiger charge is -2.31. The minimum Gasteiger partial charge on any atom is -0.384 e. The molecule has 0 saturated carbocycles. The van der Waals surface area contributed by atoms with E-state index in [0.29, 0.717) is 11.5 Å². The van der Waals surface area contributed by atoms with Crippen molar-refractivity contribution < 1.29 is 8.91 Å². The van der Waals surface area contributed by atoms with Crippen molar-refractivity contribution in [2.24, 2.45) is 7.05 Å². The smallest absolute Gasteiger partial charge is 0.268 e. The molecule has 0 aliphatic carbocycles. The number of hydrogen-bond acceptors (Lipinski definition) is 6. The first-order valence-corrected chi connectivity index (χ1v) is 9.64. The van der Waals surface area contributed by atoms with Crippen molar-refractivity contribution in [1.82, 2.24) is 19.8 Å². The molecule has 0 unspecified atom stereocenters. The molecule has 3 heterocycles. The average Bonchev–Trinajstić information content (AvgIpc) is 3.11. The quantitative estimate of drug-likeness (QED) is 0.658. The standard InChI is InChI=1S/C20H24FN5O2/c1-25-19(27)12-16(13-23-25)22-7-2-8-26-9-5-14(6-10-26)20-17-4-3-15(21)11-18(17)28-24-20/h3-4,11-14,22H,2,5-10H2,1H3. The van der Waals surface area contributed by atoms with E-state index >= 15 is 0 Å². The summed E-state index contributed by atoms with van der Waals surface area (Å²) < 4.78 is 19.9. The lowest BCUT2D eigenvalue weighted by Crippen LogP contribution is -2.34. The molecule has 1 fully saturated rings. The first kappa shape index (κ1) is 18.6. The second-order valence-corrected chi connectivity index (χ2v) is 7.31. The molecule has 4 rings (SSSR count). The Hall–Kier alpha value is -2.74. The molecule has 1 aromatic carbocycles. The third kappa shape index (κ3) is 4.06. The molecular weight excluding hydrogens is 361 g/mol. The van der Waals surface area contributed by atoms with Crippen molar-refractivity contribution in [2.75, 3.05) is 31.5 Å². The van der Waals surface area contributed by atoms with Crippen molar-refractivity contribution in [1.29, 1.82) is 0 Å². The number of likely N-dealkylation sites (tertiary alicyclic amines) is 1. The van der Waals surface area contributed by atoms with E-state index in [0.717, 1.165) is 62.2 Å². The number of halogens is 1. The second kappa shape index (κ2) is 8.10. The number of benzene rings is 1. The van der Waals surface area contributed by atoms with Gasteiger partial charge in [-0.1, -0.05) is 5.16 Å². The summed E-state index contributed by atoms with van der Waals surface area (Å²) in [5, 5.41) is 12.4. The van der Waals surface area contributed by atoms with Crippen LogP contribution in [0.25, 0.3) is 11.0 Å². The molecule has 1 aliphatic rings. The number of aryl methyl sites for hydroxylation is 1. The van der Waals surface area contributed by atoms with Gasteiger partial charge in [0.1, 0.15) is 5.82 Å². The van der Waals surface area contributed by atoms with Crippen molar-refractivity contribution >= 4 is 16.7 Å². The van der Waals surface area contributed by atoms with Crippen LogP contribution in [0.3, 0.4) is 0 Å². The molecular formula is C20H24FN5O2. The maximum atomic E-state index is 13.3. The summed E-state index contributed by atoms with van der Waals surface area (Å²) in [6.07, 6.45) is 4.70. The van der Waals surface area contributed by atoms with Crippen LogP contribution >= 0.6 is 0 Å². The molecule has 28 heavy (non-hydrogen) atoms. The summed E-state index contributed by atoms with van der Waals surface area (Å²) in [6.45, 7) is 3.82. The molecule has 0 amide bonds. The highest BCUT2D eigenvalue weighted by Crippen LogP contribution is 2.32. The first-order chi connectivity index (χ1) is 13.6. The summed E-state index contributed by atoms with van der Waals surface area (Å²) in [7, 11) is 1.63. The number of anilines is 1. The average molecular weight is 385 g/mol. The maximum Gasteiger partial charge on any atom is 0.268 e. The molecule has 1 aliphatic heterocycles. The third-order valence-electron chi connectivity index (χ3n) is 5.38. The van der Waals surface area contributed by atoms with Crippen LogP contribution in [-0.2, 0) is 7.05 Å². The number of nitrogens with one attached hydrogen (secondary N) is 1. The van der Waals surface area contributed by atoms with Gasteiger partial charge in [-0.15, -0.1) is 0 Å². The number of nitrogens with zero attached hydrogens (tertiary/aromatic N) is 4. The van der Waals surface area contributed by atoms with Crippen LogP contribution < -0.4 is 10.9 Å². The van der Waals surface area contributed by atoms with Gasteiger partial charge in [-0.25, -0.2) is 9.07 Å². The van der Waals surface area contributed by atoms with Crippen molar-refractivity contribution in [3.05, 3.63) is 52.3 Å². The summed E-state index contributed by atoms with van der Waals surface area (Å²) in [5.74, 6) is 0.0537. The summed E-state index contributed by atoms with van der Waals surface area (Å²) >= 11 is 0. The normalized spacial score (nSPS) is 15.9. The Labute approximate surface area is 162 Å². The SMILES string of the molecule is Cn1ncc(NCCCN2CCC(c3noc4cc(F)ccc34)CC2)cc1=O. The van der Waals surface area contributed by atoms with Gasteiger partial charge >= 0.3 is 0 Å². The van der Waals surface area contributed by atoms with Gasteiger partial charge in [-0.05, 0) is 51.0 Å². The van der Waals surface area contributed by atoms with Crippen LogP contribution in [0.4, 0.5) is 10.1 Å². The zero-order valence-corrected chi connectivity index (χ0v) is 15.9. The van der Waals surface area contributed by atoms with Gasteiger partial charge in [0.05, 0.1) is 17.6 Å². The van der Waals surface area contributed by atoms with Gasteiger partial charge in [0, 0.05) is 37.0 Å². The number of hydrogen-bond donors (Lipinski definition) is 1. The highest BCUT2D eigenvalue weighted by molar-refractivity contribution is 5.79. The van der Waals surface area contributed by atoms with E-state index in [1.54, 1.807) is 25.4 Å². The van der Waals surface area contributed by atoms with Crippen LogP contribution in [-0.4, -0.2) is 46.0 Å². The van der Waals surface area contributed by atoms with Gasteiger partial charge in [0.15, 0.2) is 5.58 Å². The van der Waals surface area contributed by atoms with Crippen LogP contribution in [0.2, 0.25) is 0 Å². The molecule has 8 heteroatoms. The van der Waals surface area contributed by atoms with Crippen molar-refractivity contribution in [3.63, 3.8) is 0 Å². The molecule has 3 aromatic rings. The lowest BCUT2D eigenvalue weighted by molar-refractivity contribution is 0.209. The molecule has 2 aromatic heterocycles. The number of piperidine rings is 1. The van der Waals surface area contributed by atoms with Crippen molar-refractivity contribution in [3.8, 4) is 0 Å². The van der Waals surface area contributed by atoms with E-state index in [1.165, 1.54) is 16.8 Å². The Bertz CT molecular complexity index is 1010. The summed E-state index contributed by atoms with van der Waals surface area (Å²) in [6, 6.07) is 6.18. The van der Waals surface area contributed by atoms with Gasteiger partial charge in [-0.2, -0.15) is 5.10 Å². The number of aromatic nitrogens is 3. The fourth-order valence-electron chi connectivity index (χ4n) is 3.76. The van der Waals surface area contributed by atoms with E-state index in [9.17, 15) is 9.18 Å². The predicted molar refractivity (Wildman–Crippen MR) is 105 cm³/mol. The maximum absolute atomic E-state index is 13.3. The highest BCUT2D eigenvalue weighted by atomic mass is 19.1. The number of fused-ring (bicyclic) bond motifs is 1. The minimum atomic E-state index is -0.301. The Morgan fingerprint density at radius 1 is 1.29 bits per heavy atom. The summed E-state index contributed by atoms with van der Waals surface area (Å²) in [5.41, 5.74) is 2.12. The largest absolute Gasteiger partial charge is 0.384 e. The minimum absolute atomic E-state index is 0.116. The van der Waals surface area contributed by atoms with Gasteiger partial charge in [0.2, 0.25) is 0 Å². The van der Waals surface area contributed by atoms with Crippen LogP contribution in [0.5, 0.6) is 0 Å². The first-order valence-electron chi connectivity index (χ1n) is 9.64. The monoisotopic (exact) mass is 385 g/mol. The van der Waals surface area contributed by atoms with Crippen LogP contribution in [0.15, 0.2) is 39.8 Å². The van der Waals surface area contributed by atoms with Gasteiger partial charge < -0.3 is 14.7 Å². The Balaban J connectivity index is 1.24. The fourth-order valence-corrected chi connectivity index (χ4v) is 3.76. The zero-order valence-electron chi connectivity index (χ0n) is 15.9. The van der Waals surface area contributed by atoms with Gasteiger partial charge in [0.25, 0.3) is 5.56 Å². The molecule has 0 atom stereocenters. The van der Waals surface area contributed by atoms with Crippen LogP contribution in [0, 0.1) is 5.82 Å². The molecule has 0 bridgehead atoms. The predicted octanol–water partition coefficient (Wildman–Crippen LogP) is 2.74. The second-order valence-electron chi connectivity index (χ2n) is 7.31. The zero-order chi connectivity index (χ0) is 19.5. The Kier molecular flexibility index (Phi) is 5.38. The van der Waals surface area contributed by atoms with Gasteiger partial charge in [-0.3, -0.25) is 4.79 Å². The Morgan fingerprint density at radius 3 is 2.89 bits per heavy atom. The lowest BCUT2D eigenvalue weighted by atomic mass is 9.91. The third-order valence-corrected chi connectivity index (χ3v) is 5.38. The van der Waals surface area contributed by atoms with E-state index in [2.05, 4.69) is 20.5 Å². The molecule has 0 spiro atoms. The molecule has 7 nitrogen and oxygen atoms in total.